The zero-order chi connectivity index (χ0) is 22.3. The fourth-order valence-electron chi connectivity index (χ4n) is 3.47. The van der Waals surface area contributed by atoms with Gasteiger partial charge in [-0.2, -0.15) is 22.7 Å². The molecule has 0 unspecified atom stereocenters. The summed E-state index contributed by atoms with van der Waals surface area (Å²) in [6, 6.07) is 34.5. The first kappa shape index (κ1) is 29.0. The van der Waals surface area contributed by atoms with Crippen molar-refractivity contribution in [3.8, 4) is 20.9 Å². The van der Waals surface area contributed by atoms with E-state index in [0.717, 1.165) is 0 Å². The summed E-state index contributed by atoms with van der Waals surface area (Å²) in [7, 11) is 0. The molecule has 6 rings (SSSR count). The van der Waals surface area contributed by atoms with Crippen LogP contribution in [0.1, 0.15) is 0 Å². The number of hydrogen-bond donors (Lipinski definition) is 0. The maximum atomic E-state index is 2.31. The Bertz CT molecular complexity index is 1240. The van der Waals surface area contributed by atoms with Crippen molar-refractivity contribution in [1.82, 2.24) is 0 Å². The summed E-state index contributed by atoms with van der Waals surface area (Å²) in [6.45, 7) is 4.62. The average Bonchev–Trinajstić information content (AvgIpc) is 3.59. The van der Waals surface area contributed by atoms with Gasteiger partial charge in [-0.15, -0.1) is 93.9 Å². The Morgan fingerprint density at radius 3 is 1.32 bits per heavy atom. The topological polar surface area (TPSA) is 0 Å². The molecule has 4 aromatic carbocycles. The molecule has 0 saturated heterocycles. The van der Waals surface area contributed by atoms with Crippen molar-refractivity contribution in [3.05, 3.63) is 108 Å². The Balaban J connectivity index is 0.000000198. The van der Waals surface area contributed by atoms with Gasteiger partial charge in [-0.25, -0.2) is 0 Å². The van der Waals surface area contributed by atoms with Crippen molar-refractivity contribution in [2.75, 3.05) is 0 Å². The van der Waals surface area contributed by atoms with Gasteiger partial charge in [0.15, 0.2) is 0 Å². The van der Waals surface area contributed by atoms with Gasteiger partial charge in [0.05, 0.1) is 0 Å². The van der Waals surface area contributed by atoms with Crippen molar-refractivity contribution in [3.63, 3.8) is 0 Å². The first-order chi connectivity index (χ1) is 15.6. The van der Waals surface area contributed by atoms with Crippen LogP contribution in [0.25, 0.3) is 42.4 Å². The van der Waals surface area contributed by atoms with E-state index in [1.165, 1.54) is 42.4 Å². The van der Waals surface area contributed by atoms with Crippen LogP contribution in [0.3, 0.4) is 0 Å². The Labute approximate surface area is 237 Å². The van der Waals surface area contributed by atoms with E-state index < -0.39 is 0 Å². The number of rotatable bonds is 2. The fraction of sp³-hybridized carbons (Fsp3) is 0.0714. The fourth-order valence-corrected chi connectivity index (χ4v) is 4.90. The molecule has 34 heavy (non-hydrogen) atoms. The van der Waals surface area contributed by atoms with Crippen LogP contribution in [-0.4, -0.2) is 5.43 Å². The molecular weight excluding hydrogens is 591 g/mol. The van der Waals surface area contributed by atoms with E-state index in [0.29, 0.717) is 0 Å². The molecule has 0 atom stereocenters. The number of thiophene rings is 2. The van der Waals surface area contributed by atoms with Crippen LogP contribution in [-0.2, 0) is 23.3 Å². The van der Waals surface area contributed by atoms with Gasteiger partial charge < -0.3 is 0 Å². The number of benzene rings is 2. The molecule has 0 aliphatic rings. The van der Waals surface area contributed by atoms with E-state index >= 15 is 0 Å². The Morgan fingerprint density at radius 1 is 0.618 bits per heavy atom. The third-order valence-corrected chi connectivity index (χ3v) is 6.69. The Hall–Kier alpha value is -1.26. The average molecular weight is 617 g/mol. The number of halogens is 2. The number of fused-ring (bicyclic) bond motifs is 2. The summed E-state index contributed by atoms with van der Waals surface area (Å²) in [5, 5.41) is 9.55. The molecule has 0 radical (unpaired) electrons. The van der Waals surface area contributed by atoms with Crippen molar-refractivity contribution in [2.45, 2.75) is 13.1 Å². The predicted molar refractivity (Wildman–Crippen MR) is 158 cm³/mol. The van der Waals surface area contributed by atoms with Gasteiger partial charge in [0.2, 0.25) is 0 Å². The van der Waals surface area contributed by atoms with Gasteiger partial charge in [-0.3, -0.25) is 0 Å². The minimum Gasteiger partial charge on any atom is -0.185 e. The first-order valence-electron chi connectivity index (χ1n) is 10.5. The van der Waals surface area contributed by atoms with Gasteiger partial charge in [0.1, 0.15) is 0 Å². The summed E-state index contributed by atoms with van der Waals surface area (Å²) in [5.74, 6) is 0. The van der Waals surface area contributed by atoms with Crippen molar-refractivity contribution >= 4 is 74.5 Å². The Morgan fingerprint density at radius 2 is 1.00 bits per heavy atom. The molecule has 0 aliphatic carbocycles. The molecule has 0 bridgehead atoms. The first-order valence-corrected chi connectivity index (χ1v) is 18.5. The summed E-state index contributed by atoms with van der Waals surface area (Å²) in [4.78, 5) is 2.70. The van der Waals surface area contributed by atoms with Gasteiger partial charge >= 0.3 is 41.9 Å². The molecule has 2 aromatic heterocycles. The van der Waals surface area contributed by atoms with Crippen LogP contribution in [0.5, 0.6) is 0 Å². The molecule has 0 nitrogen and oxygen atoms in total. The van der Waals surface area contributed by atoms with Gasteiger partial charge in [-0.05, 0) is 20.5 Å². The maximum Gasteiger partial charge on any atom is -0.0174 e. The zero-order valence-corrected chi connectivity index (χ0v) is 25.7. The van der Waals surface area contributed by atoms with Gasteiger partial charge in [-0.1, -0.05) is 60.7 Å². The van der Waals surface area contributed by atoms with E-state index in [2.05, 4.69) is 121 Å². The molecule has 0 aliphatic heterocycles. The minimum absolute atomic E-state index is 0. The SMILES string of the molecule is C[Si](C)=[Zr+2].Cl.Cl.c1csc(-c2cc3ccccc3[cH-]2)c1.c1csc(-c2cc3ccccc3[cH-]2)c1. The van der Waals surface area contributed by atoms with Crippen molar-refractivity contribution < 1.29 is 23.3 Å². The van der Waals surface area contributed by atoms with E-state index in [4.69, 9.17) is 0 Å². The second-order valence-electron chi connectivity index (χ2n) is 7.70. The molecule has 0 N–H and O–H groups in total. The summed E-state index contributed by atoms with van der Waals surface area (Å²) in [5.41, 5.74) is 2.88. The molecular formula is C28H26Cl2S2SiZr. The van der Waals surface area contributed by atoms with Gasteiger partial charge in [0, 0.05) is 0 Å². The van der Waals surface area contributed by atoms with E-state index in [-0.39, 0.29) is 30.2 Å². The second kappa shape index (κ2) is 14.3. The zero-order valence-electron chi connectivity index (χ0n) is 19.0. The quantitative estimate of drug-likeness (QED) is 0.134. The molecule has 172 valence electrons. The second-order valence-corrected chi connectivity index (χ2v) is 19.0. The smallest absolute Gasteiger partial charge is 0.0174 e. The van der Waals surface area contributed by atoms with Crippen LogP contribution in [0, 0.1) is 0 Å². The van der Waals surface area contributed by atoms with E-state index in [1.54, 1.807) is 46.0 Å². The molecule has 0 fully saturated rings. The van der Waals surface area contributed by atoms with Crippen LogP contribution < -0.4 is 0 Å². The van der Waals surface area contributed by atoms with Gasteiger partial charge in [0.25, 0.3) is 0 Å². The molecule has 0 saturated carbocycles. The van der Waals surface area contributed by atoms with E-state index in [9.17, 15) is 0 Å². The summed E-state index contributed by atoms with van der Waals surface area (Å²) in [6.07, 6.45) is 0. The van der Waals surface area contributed by atoms with Crippen LogP contribution in [0.15, 0.2) is 108 Å². The minimum atomic E-state index is 0. The number of hydrogen-bond acceptors (Lipinski definition) is 2. The summed E-state index contributed by atoms with van der Waals surface area (Å²) < 4.78 is 0. The van der Waals surface area contributed by atoms with Crippen LogP contribution in [0.4, 0.5) is 0 Å². The third-order valence-electron chi connectivity index (χ3n) is 4.85. The predicted octanol–water partition coefficient (Wildman–Crippen LogP) is 10.2. The monoisotopic (exact) mass is 614 g/mol. The van der Waals surface area contributed by atoms with Crippen LogP contribution in [0.2, 0.25) is 13.1 Å². The molecule has 0 amide bonds. The largest absolute Gasteiger partial charge is 0.185 e. The standard InChI is InChI=1S/2C13H9S.C2H6Si.2ClH.Zr/c2*1-2-5-11-9-12(8-10(11)4-1)13-6-3-7-14-13;1-3-2;;;/h2*1-9H;1-2H3;2*1H;/q2*-1;;;;+2. The molecule has 6 heteroatoms. The van der Waals surface area contributed by atoms with Crippen LogP contribution >= 0.6 is 47.5 Å². The van der Waals surface area contributed by atoms with Crippen molar-refractivity contribution in [2.24, 2.45) is 0 Å². The normalized spacial score (nSPS) is 9.76. The Kier molecular flexibility index (Phi) is 12.2. The molecule has 2 heterocycles. The molecule has 6 aromatic rings. The maximum absolute atomic E-state index is 2.31. The van der Waals surface area contributed by atoms with Crippen molar-refractivity contribution in [1.29, 1.82) is 0 Å². The molecule has 0 spiro atoms. The van der Waals surface area contributed by atoms with E-state index in [1.807, 2.05) is 0 Å². The third kappa shape index (κ3) is 7.88. The summed E-state index contributed by atoms with van der Waals surface area (Å²) >= 11 is 5.32.